The van der Waals surface area contributed by atoms with Crippen molar-refractivity contribution in [1.29, 1.82) is 0 Å². The SMILES string of the molecule is C=C.CC.CC.CCC(C)/C=C\C(C)/C(C)=C/C(F)=C(C)/C(C)=C/C=C(C)C. The van der Waals surface area contributed by atoms with E-state index in [1.807, 2.05) is 74.5 Å². The van der Waals surface area contributed by atoms with Gasteiger partial charge in [-0.05, 0) is 63.7 Å². The maximum Gasteiger partial charge on any atom is 0.126 e. The van der Waals surface area contributed by atoms with E-state index in [9.17, 15) is 4.39 Å². The molecule has 0 radical (unpaired) electrons. The van der Waals surface area contributed by atoms with Crippen LogP contribution in [-0.4, -0.2) is 0 Å². The van der Waals surface area contributed by atoms with Crippen molar-refractivity contribution < 1.29 is 4.39 Å². The molecule has 0 aromatic heterocycles. The Morgan fingerprint density at radius 1 is 0.857 bits per heavy atom. The molecule has 0 saturated heterocycles. The predicted molar refractivity (Wildman–Crippen MR) is 132 cm³/mol. The summed E-state index contributed by atoms with van der Waals surface area (Å²) in [5.41, 5.74) is 3.93. The molecule has 0 N–H and O–H groups in total. The first-order valence-corrected chi connectivity index (χ1v) is 10.7. The second kappa shape index (κ2) is 23.4. The van der Waals surface area contributed by atoms with Crippen LogP contribution in [0.3, 0.4) is 0 Å². The first-order chi connectivity index (χ1) is 13.2. The molecule has 2 atom stereocenters. The van der Waals surface area contributed by atoms with Crippen LogP contribution in [-0.2, 0) is 0 Å². The van der Waals surface area contributed by atoms with Gasteiger partial charge in [0.25, 0.3) is 0 Å². The Bertz CT molecular complexity index is 508. The van der Waals surface area contributed by atoms with Gasteiger partial charge >= 0.3 is 0 Å². The number of allylic oxidation sites excluding steroid dienone is 10. The minimum Gasteiger partial charge on any atom is -0.207 e. The summed E-state index contributed by atoms with van der Waals surface area (Å²) in [6.07, 6.45) is 11.2. The van der Waals surface area contributed by atoms with Crippen LogP contribution in [0.2, 0.25) is 0 Å². The summed E-state index contributed by atoms with van der Waals surface area (Å²) in [5.74, 6) is 0.693. The third-order valence-electron chi connectivity index (χ3n) is 4.06. The highest BCUT2D eigenvalue weighted by Gasteiger charge is 2.05. The van der Waals surface area contributed by atoms with E-state index in [2.05, 4.69) is 46.1 Å². The molecule has 1 heteroatoms. The summed E-state index contributed by atoms with van der Waals surface area (Å²) >= 11 is 0. The van der Waals surface area contributed by atoms with E-state index in [0.29, 0.717) is 11.5 Å². The average molecular weight is 393 g/mol. The lowest BCUT2D eigenvalue weighted by Gasteiger charge is -2.09. The van der Waals surface area contributed by atoms with Crippen LogP contribution in [0, 0.1) is 11.8 Å². The largest absolute Gasteiger partial charge is 0.207 e. The van der Waals surface area contributed by atoms with E-state index in [4.69, 9.17) is 0 Å². The van der Waals surface area contributed by atoms with Gasteiger partial charge in [-0.25, -0.2) is 4.39 Å². The quantitative estimate of drug-likeness (QED) is 0.298. The summed E-state index contributed by atoms with van der Waals surface area (Å²) in [4.78, 5) is 0. The highest BCUT2D eigenvalue weighted by molar-refractivity contribution is 5.38. The summed E-state index contributed by atoms with van der Waals surface area (Å²) in [7, 11) is 0. The molecule has 0 spiro atoms. The van der Waals surface area contributed by atoms with Crippen LogP contribution in [0.25, 0.3) is 0 Å². The van der Waals surface area contributed by atoms with Crippen LogP contribution >= 0.6 is 0 Å². The summed E-state index contributed by atoms with van der Waals surface area (Å²) in [5, 5.41) is 0. The summed E-state index contributed by atoms with van der Waals surface area (Å²) < 4.78 is 14.4. The van der Waals surface area contributed by atoms with Gasteiger partial charge in [-0.15, -0.1) is 13.2 Å². The Balaban J connectivity index is -0.000000434. The van der Waals surface area contributed by atoms with E-state index in [1.165, 1.54) is 5.57 Å². The number of rotatable bonds is 7. The van der Waals surface area contributed by atoms with Gasteiger partial charge in [0.05, 0.1) is 0 Å². The fourth-order valence-corrected chi connectivity index (χ4v) is 1.69. The van der Waals surface area contributed by atoms with Gasteiger partial charge in [0.2, 0.25) is 0 Å². The lowest BCUT2D eigenvalue weighted by molar-refractivity contribution is 0.649. The fraction of sp³-hybridized carbons (Fsp3) is 0.556. The zero-order valence-electron chi connectivity index (χ0n) is 21.0. The molecule has 0 bridgehead atoms. The Kier molecular flexibility index (Phi) is 28.4. The fourth-order valence-electron chi connectivity index (χ4n) is 1.69. The lowest BCUT2D eigenvalue weighted by atomic mass is 9.97. The van der Waals surface area contributed by atoms with Gasteiger partial charge in [-0.1, -0.05) is 90.3 Å². The average Bonchev–Trinajstić information content (AvgIpc) is 2.73. The zero-order chi connectivity index (χ0) is 23.3. The highest BCUT2D eigenvalue weighted by atomic mass is 19.1. The lowest BCUT2D eigenvalue weighted by Crippen LogP contribution is -1.95. The van der Waals surface area contributed by atoms with Crippen LogP contribution in [0.5, 0.6) is 0 Å². The smallest absolute Gasteiger partial charge is 0.126 e. The summed E-state index contributed by atoms with van der Waals surface area (Å²) in [6.45, 7) is 30.3. The second-order valence-corrected chi connectivity index (χ2v) is 6.51. The minimum atomic E-state index is -0.141. The molecule has 164 valence electrons. The third-order valence-corrected chi connectivity index (χ3v) is 4.06. The van der Waals surface area contributed by atoms with Crippen molar-refractivity contribution in [3.63, 3.8) is 0 Å². The molecular formula is C27H49F. The molecule has 0 fully saturated rings. The molecule has 0 aliphatic heterocycles. The van der Waals surface area contributed by atoms with Crippen LogP contribution < -0.4 is 0 Å². The van der Waals surface area contributed by atoms with E-state index >= 15 is 0 Å². The molecule has 0 aliphatic carbocycles. The molecule has 0 aliphatic rings. The normalized spacial score (nSPS) is 14.2. The van der Waals surface area contributed by atoms with E-state index in [-0.39, 0.29) is 11.7 Å². The topological polar surface area (TPSA) is 0 Å². The van der Waals surface area contributed by atoms with Crippen molar-refractivity contribution >= 4 is 0 Å². The van der Waals surface area contributed by atoms with Gasteiger partial charge in [-0.2, -0.15) is 0 Å². The van der Waals surface area contributed by atoms with Crippen molar-refractivity contribution in [2.75, 3.05) is 0 Å². The van der Waals surface area contributed by atoms with Crippen molar-refractivity contribution in [2.24, 2.45) is 11.8 Å². The molecule has 0 saturated carbocycles. The van der Waals surface area contributed by atoms with E-state index in [0.717, 1.165) is 17.6 Å². The van der Waals surface area contributed by atoms with Gasteiger partial charge in [-0.3, -0.25) is 0 Å². The molecule has 0 aromatic rings. The Labute approximate surface area is 177 Å². The molecule has 2 unspecified atom stereocenters. The molecule has 0 heterocycles. The van der Waals surface area contributed by atoms with Crippen LogP contribution in [0.4, 0.5) is 4.39 Å². The Morgan fingerprint density at radius 2 is 1.32 bits per heavy atom. The van der Waals surface area contributed by atoms with Gasteiger partial charge in [0, 0.05) is 0 Å². The highest BCUT2D eigenvalue weighted by Crippen LogP contribution is 2.21. The van der Waals surface area contributed by atoms with Gasteiger partial charge < -0.3 is 0 Å². The second-order valence-electron chi connectivity index (χ2n) is 6.51. The number of hydrogen-bond donors (Lipinski definition) is 0. The molecular weight excluding hydrogens is 343 g/mol. The molecule has 28 heavy (non-hydrogen) atoms. The summed E-state index contributed by atoms with van der Waals surface area (Å²) in [6, 6.07) is 0. The predicted octanol–water partition coefficient (Wildman–Crippen LogP) is 10.2. The maximum absolute atomic E-state index is 14.4. The van der Waals surface area contributed by atoms with E-state index < -0.39 is 0 Å². The van der Waals surface area contributed by atoms with Crippen molar-refractivity contribution in [3.05, 3.63) is 71.7 Å². The third kappa shape index (κ3) is 19.1. The van der Waals surface area contributed by atoms with Crippen molar-refractivity contribution in [2.45, 2.75) is 89.5 Å². The zero-order valence-corrected chi connectivity index (χ0v) is 21.0. The van der Waals surface area contributed by atoms with Crippen LogP contribution in [0.15, 0.2) is 71.7 Å². The number of halogens is 1. The van der Waals surface area contributed by atoms with Crippen LogP contribution in [0.1, 0.15) is 89.5 Å². The van der Waals surface area contributed by atoms with E-state index in [1.54, 1.807) is 6.08 Å². The Morgan fingerprint density at radius 3 is 1.71 bits per heavy atom. The first kappa shape index (κ1) is 33.9. The van der Waals surface area contributed by atoms with Crippen molar-refractivity contribution in [3.8, 4) is 0 Å². The monoisotopic (exact) mass is 392 g/mol. The molecule has 0 aromatic carbocycles. The molecule has 0 amide bonds. The van der Waals surface area contributed by atoms with Crippen molar-refractivity contribution in [1.82, 2.24) is 0 Å². The van der Waals surface area contributed by atoms with Gasteiger partial charge in [0.1, 0.15) is 5.83 Å². The standard InChI is InChI=1S/C21H33F.2C2H6.C2H4/c1-9-16(4)11-13-17(5)19(7)14-21(22)20(8)18(6)12-10-15(2)3;3*1-2/h10-14,16-17H,9H2,1-8H3;2*1-2H3;1-2H2/b13-11-,18-12+,19-14+,21-20-;;;. The van der Waals surface area contributed by atoms with Gasteiger partial charge in [0.15, 0.2) is 0 Å². The maximum atomic E-state index is 14.4. The first-order valence-electron chi connectivity index (χ1n) is 10.7. The molecule has 0 nitrogen and oxygen atoms in total. The minimum absolute atomic E-state index is 0.141. The number of hydrogen-bond acceptors (Lipinski definition) is 0. The molecule has 0 rings (SSSR count). The Hall–Kier alpha value is -1.63.